The number of urea groups is 1. The van der Waals surface area contributed by atoms with Gasteiger partial charge in [-0.1, -0.05) is 6.92 Å². The van der Waals surface area contributed by atoms with Crippen molar-refractivity contribution < 1.29 is 14.1 Å². The molecule has 0 radical (unpaired) electrons. The molecule has 0 aliphatic heterocycles. The minimum absolute atomic E-state index is 0.208. The highest BCUT2D eigenvalue weighted by Crippen LogP contribution is 2.41. The Hall–Kier alpha value is -2.48. The van der Waals surface area contributed by atoms with Crippen LogP contribution in [0.2, 0.25) is 0 Å². The van der Waals surface area contributed by atoms with Crippen molar-refractivity contribution in [1.82, 2.24) is 9.71 Å². The highest BCUT2D eigenvalue weighted by molar-refractivity contribution is 7.94. The van der Waals surface area contributed by atoms with E-state index in [1.165, 1.54) is 6.07 Å². The maximum Gasteiger partial charge on any atom is 0.355 e. The standard InChI is InChI=1S/C21H25N5O3S2/c1-12-7-8-15-18(12)24-16-6-4-5-14(16)19(15)25-20(27)26-31(29,23-11-22)17-9-13(10-30-17)21(2,3)28/h9-10,12,28H,4-8H2,1-3H3,(H2,23,24,25,26,27,29)/t12-,31?/m1/s1. The SMILES string of the molecule is C[C@@H]1CCc2c1nc1c(c2NC(=O)N=S(=O)(NC#N)c2cc(C(C)(C)O)cs2)CCC1. The molecule has 3 N–H and O–H groups in total. The molecule has 2 aliphatic rings. The summed E-state index contributed by atoms with van der Waals surface area (Å²) in [7, 11) is -3.52. The van der Waals surface area contributed by atoms with E-state index in [1.54, 1.807) is 25.4 Å². The Morgan fingerprint density at radius 1 is 1.39 bits per heavy atom. The maximum absolute atomic E-state index is 13.4. The number of nitrogens with one attached hydrogen (secondary N) is 2. The first-order valence-electron chi connectivity index (χ1n) is 10.2. The lowest BCUT2D eigenvalue weighted by Gasteiger charge is -2.15. The number of aryl methyl sites for hydroxylation is 1. The molecule has 0 bridgehead atoms. The number of carbonyl (C=O) groups is 1. The lowest BCUT2D eigenvalue weighted by atomic mass is 10.0. The molecule has 2 aromatic heterocycles. The van der Waals surface area contributed by atoms with Gasteiger partial charge in [0.15, 0.2) is 16.1 Å². The molecule has 164 valence electrons. The van der Waals surface area contributed by atoms with Crippen LogP contribution in [0.25, 0.3) is 0 Å². The van der Waals surface area contributed by atoms with Crippen LogP contribution in [-0.4, -0.2) is 20.3 Å². The van der Waals surface area contributed by atoms with E-state index < -0.39 is 21.5 Å². The van der Waals surface area contributed by atoms with E-state index in [2.05, 4.69) is 21.3 Å². The zero-order valence-electron chi connectivity index (χ0n) is 17.7. The summed E-state index contributed by atoms with van der Waals surface area (Å²) in [5.41, 5.74) is 4.27. The molecule has 4 rings (SSSR count). The Labute approximate surface area is 186 Å². The van der Waals surface area contributed by atoms with Crippen LogP contribution in [-0.2, 0) is 34.8 Å². The average Bonchev–Trinajstić information content (AvgIpc) is 3.41. The molecule has 10 heteroatoms. The van der Waals surface area contributed by atoms with Crippen LogP contribution >= 0.6 is 11.3 Å². The van der Waals surface area contributed by atoms with Crippen LogP contribution in [0.15, 0.2) is 20.0 Å². The molecule has 2 heterocycles. The largest absolute Gasteiger partial charge is 0.386 e. The number of amides is 2. The quantitative estimate of drug-likeness (QED) is 0.471. The highest BCUT2D eigenvalue weighted by Gasteiger charge is 2.30. The number of fused-ring (bicyclic) bond motifs is 2. The number of hydrogen-bond donors (Lipinski definition) is 3. The lowest BCUT2D eigenvalue weighted by Crippen LogP contribution is -2.22. The maximum atomic E-state index is 13.4. The summed E-state index contributed by atoms with van der Waals surface area (Å²) in [4.78, 5) is 17.7. The molecule has 2 aliphatic carbocycles. The number of aromatic nitrogens is 1. The number of rotatable bonds is 4. The molecular weight excluding hydrogens is 434 g/mol. The first kappa shape index (κ1) is 21.7. The van der Waals surface area contributed by atoms with Crippen molar-refractivity contribution in [2.45, 2.75) is 68.6 Å². The summed E-state index contributed by atoms with van der Waals surface area (Å²) in [5.74, 6) is 0.337. The summed E-state index contributed by atoms with van der Waals surface area (Å²) in [6, 6.07) is 0.741. The second-order valence-electron chi connectivity index (χ2n) is 8.54. The Morgan fingerprint density at radius 3 is 2.84 bits per heavy atom. The molecule has 0 saturated carbocycles. The Kier molecular flexibility index (Phi) is 5.54. The number of aliphatic hydroxyl groups is 1. The summed E-state index contributed by atoms with van der Waals surface area (Å²) >= 11 is 1.08. The van der Waals surface area contributed by atoms with Crippen LogP contribution in [0.3, 0.4) is 0 Å². The van der Waals surface area contributed by atoms with Gasteiger partial charge in [-0.05, 0) is 80.0 Å². The van der Waals surface area contributed by atoms with Gasteiger partial charge in [0.1, 0.15) is 4.21 Å². The molecule has 2 amide bonds. The molecule has 0 saturated heterocycles. The van der Waals surface area contributed by atoms with Crippen LogP contribution < -0.4 is 10.0 Å². The minimum atomic E-state index is -3.52. The number of carbonyl (C=O) groups excluding carboxylic acids is 1. The van der Waals surface area contributed by atoms with Crippen molar-refractivity contribution in [2.75, 3.05) is 5.32 Å². The number of pyridine rings is 1. The Morgan fingerprint density at radius 2 is 2.16 bits per heavy atom. The van der Waals surface area contributed by atoms with Gasteiger partial charge in [-0.25, -0.2) is 13.7 Å². The van der Waals surface area contributed by atoms with Crippen LogP contribution in [0.5, 0.6) is 0 Å². The number of anilines is 1. The van der Waals surface area contributed by atoms with Crippen molar-refractivity contribution >= 4 is 33.0 Å². The van der Waals surface area contributed by atoms with E-state index >= 15 is 0 Å². The fourth-order valence-electron chi connectivity index (χ4n) is 4.16. The third-order valence-corrected chi connectivity index (χ3v) is 8.98. The second kappa shape index (κ2) is 7.89. The van der Waals surface area contributed by atoms with E-state index in [-0.39, 0.29) is 4.21 Å². The fraction of sp³-hybridized carbons (Fsp3) is 0.476. The first-order valence-corrected chi connectivity index (χ1v) is 12.6. The van der Waals surface area contributed by atoms with Gasteiger partial charge >= 0.3 is 6.03 Å². The van der Waals surface area contributed by atoms with Gasteiger partial charge in [-0.3, -0.25) is 4.98 Å². The van der Waals surface area contributed by atoms with Crippen molar-refractivity contribution in [3.05, 3.63) is 39.5 Å². The normalized spacial score (nSPS) is 19.1. The summed E-state index contributed by atoms with van der Waals surface area (Å²) < 4.78 is 19.7. The van der Waals surface area contributed by atoms with Crippen molar-refractivity contribution in [3.8, 4) is 6.19 Å². The van der Waals surface area contributed by atoms with Gasteiger partial charge in [0.25, 0.3) is 0 Å². The van der Waals surface area contributed by atoms with Gasteiger partial charge in [-0.2, -0.15) is 5.26 Å². The molecule has 0 fully saturated rings. The van der Waals surface area contributed by atoms with Crippen LogP contribution in [0, 0.1) is 11.5 Å². The molecule has 8 nitrogen and oxygen atoms in total. The third kappa shape index (κ3) is 4.05. The van der Waals surface area contributed by atoms with Gasteiger partial charge in [0.2, 0.25) is 0 Å². The zero-order chi connectivity index (χ0) is 22.4. The monoisotopic (exact) mass is 459 g/mol. The number of nitriles is 1. The van der Waals surface area contributed by atoms with Crippen molar-refractivity contribution in [3.63, 3.8) is 0 Å². The van der Waals surface area contributed by atoms with Crippen LogP contribution in [0.1, 0.15) is 67.6 Å². The predicted molar refractivity (Wildman–Crippen MR) is 119 cm³/mol. The van der Waals surface area contributed by atoms with E-state index in [1.807, 2.05) is 0 Å². The van der Waals surface area contributed by atoms with E-state index in [9.17, 15) is 14.1 Å². The molecule has 0 spiro atoms. The zero-order valence-corrected chi connectivity index (χ0v) is 19.3. The van der Waals surface area contributed by atoms with Crippen LogP contribution in [0.4, 0.5) is 10.5 Å². The Bertz CT molecular complexity index is 1210. The van der Waals surface area contributed by atoms with Gasteiger partial charge < -0.3 is 10.4 Å². The van der Waals surface area contributed by atoms with E-state index in [4.69, 9.17) is 10.2 Å². The smallest absolute Gasteiger partial charge is 0.355 e. The molecule has 31 heavy (non-hydrogen) atoms. The average molecular weight is 460 g/mol. The fourth-order valence-corrected chi connectivity index (χ4v) is 6.78. The van der Waals surface area contributed by atoms with Gasteiger partial charge in [-0.15, -0.1) is 15.7 Å². The summed E-state index contributed by atoms with van der Waals surface area (Å²) in [6.45, 7) is 5.35. The van der Waals surface area contributed by atoms with Crippen molar-refractivity contribution in [1.29, 1.82) is 5.26 Å². The molecular formula is C21H25N5O3S2. The summed E-state index contributed by atoms with van der Waals surface area (Å²) in [6.07, 6.45) is 6.17. The molecule has 1 unspecified atom stereocenters. The predicted octanol–water partition coefficient (Wildman–Crippen LogP) is 3.95. The van der Waals surface area contributed by atoms with Gasteiger partial charge in [0, 0.05) is 11.4 Å². The highest BCUT2D eigenvalue weighted by atomic mass is 32.2. The molecule has 2 atom stereocenters. The van der Waals surface area contributed by atoms with E-state index in [0.29, 0.717) is 11.5 Å². The number of nitrogens with zero attached hydrogens (tertiary/aromatic N) is 3. The second-order valence-corrected chi connectivity index (χ2v) is 11.6. The molecule has 0 aromatic carbocycles. The Balaban J connectivity index is 1.72. The number of thiophene rings is 1. The van der Waals surface area contributed by atoms with E-state index in [0.717, 1.165) is 71.6 Å². The lowest BCUT2D eigenvalue weighted by molar-refractivity contribution is 0.0789. The molecule has 2 aromatic rings. The van der Waals surface area contributed by atoms with Gasteiger partial charge in [0.05, 0.1) is 11.3 Å². The van der Waals surface area contributed by atoms with Crippen molar-refractivity contribution in [2.24, 2.45) is 4.36 Å². The number of hydrogen-bond acceptors (Lipinski definition) is 6. The minimum Gasteiger partial charge on any atom is -0.386 e. The topological polar surface area (TPSA) is 127 Å². The first-order chi connectivity index (χ1) is 14.6. The summed E-state index contributed by atoms with van der Waals surface area (Å²) in [5, 5.41) is 23.8. The third-order valence-electron chi connectivity index (χ3n) is 5.83.